The van der Waals surface area contributed by atoms with Crippen molar-refractivity contribution in [2.24, 2.45) is 0 Å². The molecule has 0 aliphatic heterocycles. The van der Waals surface area contributed by atoms with E-state index in [1.807, 2.05) is 0 Å². The van der Waals surface area contributed by atoms with Gasteiger partial charge in [0.05, 0.1) is 0 Å². The van der Waals surface area contributed by atoms with Crippen LogP contribution in [0.25, 0.3) is 0 Å². The molecular weight excluding hydrogens is 474 g/mol. The van der Waals surface area contributed by atoms with Crippen LogP contribution >= 0.6 is 0 Å². The summed E-state index contributed by atoms with van der Waals surface area (Å²) in [6, 6.07) is 8.11. The van der Waals surface area contributed by atoms with Crippen molar-refractivity contribution in [1.29, 1.82) is 0 Å². The van der Waals surface area contributed by atoms with Crippen LogP contribution in [0.3, 0.4) is 0 Å². The summed E-state index contributed by atoms with van der Waals surface area (Å²) >= 11 is -2.68. The molecule has 0 radical (unpaired) electrons. The van der Waals surface area contributed by atoms with E-state index in [-0.39, 0.29) is 11.1 Å². The second-order valence-corrected chi connectivity index (χ2v) is 9.26. The van der Waals surface area contributed by atoms with Gasteiger partial charge in [0.1, 0.15) is 24.7 Å². The molecule has 0 saturated carbocycles. The molecule has 0 aliphatic carbocycles. The number of carbonyl (C=O) groups is 2. The average Bonchev–Trinajstić information content (AvgIpc) is 2.67. The Balaban J connectivity index is 2.48. The molecule has 2 aromatic rings. The van der Waals surface area contributed by atoms with Gasteiger partial charge in [0.15, 0.2) is 4.90 Å². The number of sulfonamides is 1. The molecule has 0 spiro atoms. The number of hydrogen-bond donors (Lipinski definition) is 3. The molecule has 2 aromatic carbocycles. The smallest absolute Gasteiger partial charge is 0.318 e. The minimum atomic E-state index is -4.95. The van der Waals surface area contributed by atoms with E-state index in [4.69, 9.17) is 10.2 Å². The van der Waals surface area contributed by atoms with Crippen LogP contribution in [-0.4, -0.2) is 61.0 Å². The summed E-state index contributed by atoms with van der Waals surface area (Å²) in [6.45, 7) is -3.00. The van der Waals surface area contributed by atoms with Gasteiger partial charge >= 0.3 is 11.9 Å². The third-order valence-corrected chi connectivity index (χ3v) is 6.72. The Morgan fingerprint density at radius 3 is 1.84 bits per heavy atom. The van der Waals surface area contributed by atoms with Gasteiger partial charge in [0.2, 0.25) is 21.3 Å². The maximum absolute atomic E-state index is 14.1. The third-order valence-electron chi connectivity index (χ3n) is 4.17. The predicted octanol–water partition coefficient (Wildman–Crippen LogP) is 1.26. The van der Waals surface area contributed by atoms with Gasteiger partial charge in [-0.1, -0.05) is 30.3 Å². The summed E-state index contributed by atoms with van der Waals surface area (Å²) in [7, 11) is -4.95. The van der Waals surface area contributed by atoms with Crippen molar-refractivity contribution in [1.82, 2.24) is 8.61 Å². The van der Waals surface area contributed by atoms with Gasteiger partial charge < -0.3 is 10.2 Å². The highest BCUT2D eigenvalue weighted by atomic mass is 32.2. The van der Waals surface area contributed by atoms with Gasteiger partial charge in [0.25, 0.3) is 0 Å². The number of carboxylic acids is 2. The second-order valence-electron chi connectivity index (χ2n) is 6.41. The van der Waals surface area contributed by atoms with Crippen LogP contribution in [0, 0.1) is 11.6 Å². The molecule has 0 aliphatic rings. The molecule has 0 fully saturated rings. The number of aliphatic carboxylic acids is 2. The quantitative estimate of drug-likeness (QED) is 0.397. The zero-order valence-electron chi connectivity index (χ0n) is 16.2. The normalized spacial score (nSPS) is 12.8. The number of halogens is 2. The fourth-order valence-corrected chi connectivity index (χ4v) is 4.74. The minimum absolute atomic E-state index is 0.134. The third kappa shape index (κ3) is 6.37. The highest BCUT2D eigenvalue weighted by molar-refractivity contribution is 7.89. The van der Waals surface area contributed by atoms with Crippen molar-refractivity contribution in [2.75, 3.05) is 13.1 Å². The van der Waals surface area contributed by atoms with E-state index in [1.54, 1.807) is 0 Å². The molecule has 14 heteroatoms. The summed E-state index contributed by atoms with van der Waals surface area (Å²) < 4.78 is 75.8. The van der Waals surface area contributed by atoms with Gasteiger partial charge in [-0.15, -0.1) is 0 Å². The first-order valence-corrected chi connectivity index (χ1v) is 11.2. The lowest BCUT2D eigenvalue weighted by molar-refractivity contribution is -0.138. The summed E-state index contributed by atoms with van der Waals surface area (Å²) in [6.07, 6.45) is 0. The van der Waals surface area contributed by atoms with Crippen molar-refractivity contribution in [3.05, 3.63) is 65.2 Å². The van der Waals surface area contributed by atoms with Crippen molar-refractivity contribution >= 4 is 33.2 Å². The zero-order valence-corrected chi connectivity index (χ0v) is 17.9. The molecule has 2 rings (SSSR count). The maximum Gasteiger partial charge on any atom is 0.318 e. The summed E-state index contributed by atoms with van der Waals surface area (Å²) in [5, 5.41) is 18.1. The van der Waals surface area contributed by atoms with Crippen LogP contribution < -0.4 is 0 Å². The van der Waals surface area contributed by atoms with Crippen molar-refractivity contribution in [2.45, 2.75) is 18.0 Å². The molecule has 0 saturated heterocycles. The summed E-state index contributed by atoms with van der Waals surface area (Å²) in [5.41, 5.74) is 0.339. The first-order chi connectivity index (χ1) is 14.9. The number of hydrogen-bond acceptors (Lipinski definition) is 5. The minimum Gasteiger partial charge on any atom is -0.480 e. The Kier molecular flexibility index (Phi) is 8.51. The molecule has 10 nitrogen and oxygen atoms in total. The fraction of sp³-hybridized carbons (Fsp3) is 0.222. The Morgan fingerprint density at radius 1 is 0.875 bits per heavy atom. The largest absolute Gasteiger partial charge is 0.480 e. The highest BCUT2D eigenvalue weighted by Crippen LogP contribution is 2.25. The topological polar surface area (TPSA) is 153 Å². The van der Waals surface area contributed by atoms with E-state index in [9.17, 15) is 35.5 Å². The lowest BCUT2D eigenvalue weighted by atomic mass is 10.1. The van der Waals surface area contributed by atoms with Gasteiger partial charge in [-0.3, -0.25) is 14.1 Å². The molecule has 3 N–H and O–H groups in total. The predicted molar refractivity (Wildman–Crippen MR) is 107 cm³/mol. The summed E-state index contributed by atoms with van der Waals surface area (Å²) in [4.78, 5) is 20.9. The van der Waals surface area contributed by atoms with Gasteiger partial charge in [-0.25, -0.2) is 21.4 Å². The fourth-order valence-electron chi connectivity index (χ4n) is 2.80. The Labute approximate surface area is 184 Å². The van der Waals surface area contributed by atoms with Crippen LogP contribution in [0.1, 0.15) is 11.1 Å². The van der Waals surface area contributed by atoms with Crippen molar-refractivity contribution in [3.8, 4) is 0 Å². The van der Waals surface area contributed by atoms with Crippen molar-refractivity contribution < 1.29 is 45.8 Å². The van der Waals surface area contributed by atoms with E-state index in [0.29, 0.717) is 20.7 Å². The number of rotatable bonds is 11. The molecule has 0 amide bonds. The van der Waals surface area contributed by atoms with E-state index >= 15 is 0 Å². The zero-order chi connectivity index (χ0) is 24.1. The van der Waals surface area contributed by atoms with Gasteiger partial charge in [0, 0.05) is 13.1 Å². The number of nitrogens with zero attached hydrogens (tertiary/aromatic N) is 2. The first kappa shape index (κ1) is 25.5. The van der Waals surface area contributed by atoms with Crippen LogP contribution in [0.5, 0.6) is 0 Å². The first-order valence-electron chi connectivity index (χ1n) is 8.74. The van der Waals surface area contributed by atoms with Gasteiger partial charge in [-0.05, 0) is 23.3 Å². The van der Waals surface area contributed by atoms with Gasteiger partial charge in [-0.2, -0.15) is 8.61 Å². The van der Waals surface area contributed by atoms with Crippen LogP contribution in [0.4, 0.5) is 8.78 Å². The monoisotopic (exact) mass is 492 g/mol. The van der Waals surface area contributed by atoms with E-state index in [1.165, 1.54) is 24.3 Å². The van der Waals surface area contributed by atoms with E-state index in [2.05, 4.69) is 0 Å². The van der Waals surface area contributed by atoms with Crippen LogP contribution in [0.15, 0.2) is 47.4 Å². The SMILES string of the molecule is O=C(O)CN(Cc1ccccc1CN(CC(=O)O)S(=O)(=O)c1c(F)cccc1F)S(=O)O. The second kappa shape index (κ2) is 10.7. The molecule has 0 bridgehead atoms. The summed E-state index contributed by atoms with van der Waals surface area (Å²) in [5.74, 6) is -5.80. The van der Waals surface area contributed by atoms with Crippen LogP contribution in [0.2, 0.25) is 0 Å². The molecule has 1 atom stereocenters. The Bertz CT molecular complexity index is 1120. The Hall–Kier alpha value is -2.78. The maximum atomic E-state index is 14.1. The highest BCUT2D eigenvalue weighted by Gasteiger charge is 2.33. The number of carboxylic acid groups (broad SMARTS) is 2. The van der Waals surface area contributed by atoms with E-state index < -0.39 is 75.9 Å². The molecule has 174 valence electrons. The molecule has 1 unspecified atom stereocenters. The average molecular weight is 492 g/mol. The van der Waals surface area contributed by atoms with E-state index in [0.717, 1.165) is 6.07 Å². The lowest BCUT2D eigenvalue weighted by Gasteiger charge is -2.23. The van der Waals surface area contributed by atoms with Crippen molar-refractivity contribution in [3.63, 3.8) is 0 Å². The molecular formula is C18H18F2N2O8S2. The van der Waals surface area contributed by atoms with Crippen LogP contribution in [-0.2, 0) is 44.0 Å². The lowest BCUT2D eigenvalue weighted by Crippen LogP contribution is -2.37. The molecule has 32 heavy (non-hydrogen) atoms. The molecule has 0 heterocycles. The number of benzene rings is 2. The molecule has 0 aromatic heterocycles. The standard InChI is InChI=1S/C18H18F2N2O8S2/c19-14-6-3-7-15(20)18(14)32(29,30)22(11-17(25)26)9-13-5-2-1-4-12(13)8-21(31(27)28)10-16(23)24/h1-7H,8-11H2,(H,23,24)(H,25,26)(H,27,28). The Morgan fingerprint density at radius 2 is 1.38 bits per heavy atom.